The van der Waals surface area contributed by atoms with Gasteiger partial charge in [-0.15, -0.1) is 0 Å². The van der Waals surface area contributed by atoms with Crippen molar-refractivity contribution in [1.29, 1.82) is 0 Å². The Morgan fingerprint density at radius 1 is 1.10 bits per heavy atom. The maximum atomic E-state index is 13.8. The van der Waals surface area contributed by atoms with Gasteiger partial charge in [0.1, 0.15) is 16.5 Å². The fourth-order valence-corrected chi connectivity index (χ4v) is 3.96. The van der Waals surface area contributed by atoms with Crippen LogP contribution in [-0.4, -0.2) is 15.0 Å². The van der Waals surface area contributed by atoms with Crippen LogP contribution in [0, 0.1) is 11.6 Å². The van der Waals surface area contributed by atoms with E-state index in [0.29, 0.717) is 23.9 Å². The number of hydrogen-bond acceptors (Lipinski definition) is 3. The molecule has 2 N–H and O–H groups in total. The van der Waals surface area contributed by atoms with Gasteiger partial charge in [-0.2, -0.15) is 0 Å². The molecule has 0 saturated carbocycles. The monoisotopic (exact) mass is 310 g/mol. The number of fused-ring (bicyclic) bond motifs is 1. The Morgan fingerprint density at radius 2 is 1.86 bits per heavy atom. The second kappa shape index (κ2) is 4.70. The molecule has 1 aliphatic rings. The van der Waals surface area contributed by atoms with Gasteiger partial charge in [-0.25, -0.2) is 17.2 Å². The van der Waals surface area contributed by atoms with Crippen molar-refractivity contribution in [2.45, 2.75) is 11.3 Å². The van der Waals surface area contributed by atoms with Gasteiger partial charge >= 0.3 is 0 Å². The molecule has 1 heterocycles. The van der Waals surface area contributed by atoms with Gasteiger partial charge in [0.2, 0.25) is 0 Å². The van der Waals surface area contributed by atoms with Crippen LogP contribution in [0.15, 0.2) is 41.3 Å². The molecule has 4 nitrogen and oxygen atoms in total. The van der Waals surface area contributed by atoms with Crippen LogP contribution in [-0.2, 0) is 16.4 Å². The standard InChI is InChI=1S/C14H12F2N2O2S/c15-10-2-4-14(12(16)7-10)21(19,20)18-6-5-9-1-3-11(17)8-13(9)18/h1-4,7-8H,5-6,17H2. The summed E-state index contributed by atoms with van der Waals surface area (Å²) in [5, 5.41) is 0. The maximum absolute atomic E-state index is 13.8. The van der Waals surface area contributed by atoms with Crippen molar-refractivity contribution < 1.29 is 17.2 Å². The Bertz CT molecular complexity index is 822. The number of nitrogens with zero attached hydrogens (tertiary/aromatic N) is 1. The molecule has 0 radical (unpaired) electrons. The molecule has 0 bridgehead atoms. The van der Waals surface area contributed by atoms with Crippen LogP contribution < -0.4 is 10.0 Å². The molecule has 0 aromatic heterocycles. The number of nitrogen functional groups attached to an aromatic ring is 1. The van der Waals surface area contributed by atoms with Crippen molar-refractivity contribution in [2.75, 3.05) is 16.6 Å². The van der Waals surface area contributed by atoms with Crippen molar-refractivity contribution in [1.82, 2.24) is 0 Å². The third-order valence-electron chi connectivity index (χ3n) is 3.42. The molecule has 0 aliphatic carbocycles. The second-order valence-corrected chi connectivity index (χ2v) is 6.62. The third-order valence-corrected chi connectivity index (χ3v) is 5.27. The molecule has 2 aromatic rings. The summed E-state index contributed by atoms with van der Waals surface area (Å²) < 4.78 is 53.0. The molecule has 7 heteroatoms. The first-order valence-corrected chi connectivity index (χ1v) is 7.70. The summed E-state index contributed by atoms with van der Waals surface area (Å²) in [7, 11) is -4.08. The van der Waals surface area contributed by atoms with E-state index in [2.05, 4.69) is 0 Å². The van der Waals surface area contributed by atoms with Crippen molar-refractivity contribution >= 4 is 21.4 Å². The van der Waals surface area contributed by atoms with Crippen LogP contribution in [0.4, 0.5) is 20.2 Å². The van der Waals surface area contributed by atoms with Crippen molar-refractivity contribution in [3.63, 3.8) is 0 Å². The topological polar surface area (TPSA) is 63.4 Å². The number of hydrogen-bond donors (Lipinski definition) is 1. The molecule has 2 aromatic carbocycles. The van der Waals surface area contributed by atoms with Crippen LogP contribution in [0.3, 0.4) is 0 Å². The first-order valence-electron chi connectivity index (χ1n) is 6.26. The third kappa shape index (κ3) is 2.23. The van der Waals surface area contributed by atoms with Crippen LogP contribution in [0.5, 0.6) is 0 Å². The predicted octanol–water partition coefficient (Wildman–Crippen LogP) is 2.30. The lowest BCUT2D eigenvalue weighted by Crippen LogP contribution is -2.29. The predicted molar refractivity (Wildman–Crippen MR) is 75.4 cm³/mol. The normalized spacial score (nSPS) is 14.3. The molecular weight excluding hydrogens is 298 g/mol. The molecule has 0 saturated heterocycles. The molecule has 0 unspecified atom stereocenters. The summed E-state index contributed by atoms with van der Waals surface area (Å²) in [5.74, 6) is -1.93. The number of benzene rings is 2. The van der Waals surface area contributed by atoms with Crippen molar-refractivity contribution in [3.05, 3.63) is 53.6 Å². The number of rotatable bonds is 2. The maximum Gasteiger partial charge on any atom is 0.267 e. The summed E-state index contributed by atoms with van der Waals surface area (Å²) in [6, 6.07) is 7.40. The van der Waals surface area contributed by atoms with E-state index < -0.39 is 26.6 Å². The van der Waals surface area contributed by atoms with Gasteiger partial charge in [0.05, 0.1) is 5.69 Å². The highest BCUT2D eigenvalue weighted by atomic mass is 32.2. The number of sulfonamides is 1. The van der Waals surface area contributed by atoms with Crippen LogP contribution in [0.2, 0.25) is 0 Å². The SMILES string of the molecule is Nc1ccc2c(c1)N(S(=O)(=O)c1ccc(F)cc1F)CC2. The van der Waals surface area contributed by atoms with E-state index in [1.807, 2.05) is 0 Å². The van der Waals surface area contributed by atoms with E-state index in [0.717, 1.165) is 22.0 Å². The van der Waals surface area contributed by atoms with E-state index in [9.17, 15) is 17.2 Å². The minimum Gasteiger partial charge on any atom is -0.399 e. The summed E-state index contributed by atoms with van der Waals surface area (Å²) in [6.45, 7) is 0.206. The minimum atomic E-state index is -4.08. The molecule has 0 amide bonds. The zero-order valence-corrected chi connectivity index (χ0v) is 11.7. The highest BCUT2D eigenvalue weighted by Gasteiger charge is 2.32. The second-order valence-electron chi connectivity index (χ2n) is 4.79. The Hall–Kier alpha value is -2.15. The molecule has 0 atom stereocenters. The van der Waals surface area contributed by atoms with Crippen LogP contribution in [0.25, 0.3) is 0 Å². The van der Waals surface area contributed by atoms with Crippen LogP contribution in [0.1, 0.15) is 5.56 Å². The Morgan fingerprint density at radius 3 is 2.57 bits per heavy atom. The molecule has 3 rings (SSSR count). The summed E-state index contributed by atoms with van der Waals surface area (Å²) in [5.41, 5.74) is 7.38. The van der Waals surface area contributed by atoms with Gasteiger partial charge in [0.25, 0.3) is 10.0 Å². The van der Waals surface area contributed by atoms with Gasteiger partial charge in [-0.1, -0.05) is 6.07 Å². The first-order chi connectivity index (χ1) is 9.89. The van der Waals surface area contributed by atoms with Crippen molar-refractivity contribution in [3.8, 4) is 0 Å². The van der Waals surface area contributed by atoms with Gasteiger partial charge in [0, 0.05) is 18.3 Å². The van der Waals surface area contributed by atoms with Gasteiger partial charge in [-0.3, -0.25) is 4.31 Å². The summed E-state index contributed by atoms with van der Waals surface area (Å²) >= 11 is 0. The molecule has 21 heavy (non-hydrogen) atoms. The number of anilines is 2. The van der Waals surface area contributed by atoms with E-state index in [1.54, 1.807) is 18.2 Å². The van der Waals surface area contributed by atoms with E-state index in [1.165, 1.54) is 0 Å². The highest BCUT2D eigenvalue weighted by Crippen LogP contribution is 2.34. The van der Waals surface area contributed by atoms with E-state index >= 15 is 0 Å². The quantitative estimate of drug-likeness (QED) is 0.866. The number of nitrogens with two attached hydrogens (primary N) is 1. The van der Waals surface area contributed by atoms with Crippen molar-refractivity contribution in [2.24, 2.45) is 0 Å². The zero-order chi connectivity index (χ0) is 15.2. The Kier molecular flexibility index (Phi) is 3.09. The Labute approximate surface area is 120 Å². The Balaban J connectivity index is 2.11. The molecule has 1 aliphatic heterocycles. The molecule has 0 fully saturated rings. The average Bonchev–Trinajstić information content (AvgIpc) is 2.81. The minimum absolute atomic E-state index is 0.206. The largest absolute Gasteiger partial charge is 0.399 e. The lowest BCUT2D eigenvalue weighted by molar-refractivity contribution is 0.547. The first kappa shape index (κ1) is 13.8. The fraction of sp³-hybridized carbons (Fsp3) is 0.143. The van der Waals surface area contributed by atoms with Gasteiger partial charge in [-0.05, 0) is 36.2 Å². The lowest BCUT2D eigenvalue weighted by atomic mass is 10.1. The van der Waals surface area contributed by atoms with E-state index in [-0.39, 0.29) is 6.54 Å². The molecular formula is C14H12F2N2O2S. The van der Waals surface area contributed by atoms with Crippen LogP contribution >= 0.6 is 0 Å². The number of halogens is 2. The fourth-order valence-electron chi connectivity index (χ4n) is 2.42. The highest BCUT2D eigenvalue weighted by molar-refractivity contribution is 7.92. The smallest absolute Gasteiger partial charge is 0.267 e. The molecule has 110 valence electrons. The van der Waals surface area contributed by atoms with E-state index in [4.69, 9.17) is 5.73 Å². The van der Waals surface area contributed by atoms with Gasteiger partial charge in [0.15, 0.2) is 0 Å². The van der Waals surface area contributed by atoms with Gasteiger partial charge < -0.3 is 5.73 Å². The summed E-state index contributed by atoms with van der Waals surface area (Å²) in [6.07, 6.45) is 0.525. The summed E-state index contributed by atoms with van der Waals surface area (Å²) in [4.78, 5) is -0.542. The average molecular weight is 310 g/mol. The molecule has 0 spiro atoms. The lowest BCUT2D eigenvalue weighted by Gasteiger charge is -2.20. The zero-order valence-electron chi connectivity index (χ0n) is 10.9.